The van der Waals surface area contributed by atoms with E-state index >= 15 is 0 Å². The van der Waals surface area contributed by atoms with E-state index in [4.69, 9.17) is 5.11 Å². The SMILES string of the molecule is Cc1ccc(CN(CCO)CC(F)F)cc1C. The molecule has 1 aromatic rings. The number of nitrogens with zero attached hydrogens (tertiary/aromatic N) is 1. The lowest BCUT2D eigenvalue weighted by Gasteiger charge is -2.21. The summed E-state index contributed by atoms with van der Waals surface area (Å²) < 4.78 is 24.7. The average Bonchev–Trinajstić information content (AvgIpc) is 2.23. The summed E-state index contributed by atoms with van der Waals surface area (Å²) in [4.78, 5) is 1.56. The number of aryl methyl sites for hydroxylation is 2. The Morgan fingerprint density at radius 2 is 1.94 bits per heavy atom. The van der Waals surface area contributed by atoms with Crippen molar-refractivity contribution in [1.29, 1.82) is 0 Å². The first-order chi connectivity index (χ1) is 8.02. The molecule has 96 valence electrons. The van der Waals surface area contributed by atoms with Gasteiger partial charge >= 0.3 is 0 Å². The number of halogens is 2. The van der Waals surface area contributed by atoms with Crippen molar-refractivity contribution in [2.75, 3.05) is 19.7 Å². The number of alkyl halides is 2. The Bertz CT molecular complexity index is 355. The maximum atomic E-state index is 12.3. The first-order valence-corrected chi connectivity index (χ1v) is 5.70. The molecule has 2 nitrogen and oxygen atoms in total. The molecule has 4 heteroatoms. The summed E-state index contributed by atoms with van der Waals surface area (Å²) in [6.07, 6.45) is -2.37. The van der Waals surface area contributed by atoms with Crippen LogP contribution < -0.4 is 0 Å². The number of hydrogen-bond donors (Lipinski definition) is 1. The zero-order valence-electron chi connectivity index (χ0n) is 10.3. The fourth-order valence-electron chi connectivity index (χ4n) is 1.73. The van der Waals surface area contributed by atoms with Crippen LogP contribution in [0.2, 0.25) is 0 Å². The summed E-state index contributed by atoms with van der Waals surface area (Å²) in [6, 6.07) is 5.94. The molecular weight excluding hydrogens is 224 g/mol. The van der Waals surface area contributed by atoms with E-state index in [-0.39, 0.29) is 19.7 Å². The summed E-state index contributed by atoms with van der Waals surface area (Å²) in [7, 11) is 0. The minimum atomic E-state index is -2.37. The van der Waals surface area contributed by atoms with Crippen LogP contribution in [0.3, 0.4) is 0 Å². The van der Waals surface area contributed by atoms with Crippen LogP contribution >= 0.6 is 0 Å². The van der Waals surface area contributed by atoms with Gasteiger partial charge in [0.15, 0.2) is 0 Å². The number of aliphatic hydroxyl groups excluding tert-OH is 1. The summed E-state index contributed by atoms with van der Waals surface area (Å²) in [5.41, 5.74) is 3.35. The lowest BCUT2D eigenvalue weighted by molar-refractivity contribution is 0.0746. The molecule has 0 aromatic heterocycles. The fraction of sp³-hybridized carbons (Fsp3) is 0.538. The zero-order valence-corrected chi connectivity index (χ0v) is 10.3. The summed E-state index contributed by atoms with van der Waals surface area (Å²) in [6.45, 7) is 4.35. The molecule has 0 amide bonds. The first-order valence-electron chi connectivity index (χ1n) is 5.70. The normalized spacial score (nSPS) is 11.5. The predicted molar refractivity (Wildman–Crippen MR) is 64.3 cm³/mol. The minimum Gasteiger partial charge on any atom is -0.395 e. The second kappa shape index (κ2) is 6.67. The Kier molecular flexibility index (Phi) is 5.51. The maximum absolute atomic E-state index is 12.3. The van der Waals surface area contributed by atoms with Gasteiger partial charge in [-0.2, -0.15) is 0 Å². The van der Waals surface area contributed by atoms with E-state index in [1.807, 2.05) is 32.0 Å². The maximum Gasteiger partial charge on any atom is 0.251 e. The van der Waals surface area contributed by atoms with Gasteiger partial charge in [-0.05, 0) is 30.5 Å². The quantitative estimate of drug-likeness (QED) is 0.829. The van der Waals surface area contributed by atoms with Gasteiger partial charge in [-0.3, -0.25) is 4.90 Å². The second-order valence-corrected chi connectivity index (χ2v) is 4.27. The molecule has 0 spiro atoms. The van der Waals surface area contributed by atoms with Gasteiger partial charge in [-0.1, -0.05) is 18.2 Å². The summed E-state index contributed by atoms with van der Waals surface area (Å²) >= 11 is 0. The third-order valence-electron chi connectivity index (χ3n) is 2.79. The van der Waals surface area contributed by atoms with Crippen LogP contribution in [0, 0.1) is 13.8 Å². The van der Waals surface area contributed by atoms with Gasteiger partial charge in [0.25, 0.3) is 6.43 Å². The van der Waals surface area contributed by atoms with Crippen molar-refractivity contribution in [3.05, 3.63) is 34.9 Å². The van der Waals surface area contributed by atoms with Crippen LogP contribution in [-0.2, 0) is 6.54 Å². The molecule has 17 heavy (non-hydrogen) atoms. The van der Waals surface area contributed by atoms with Crippen LogP contribution in [0.4, 0.5) is 8.78 Å². The zero-order chi connectivity index (χ0) is 12.8. The first kappa shape index (κ1) is 14.1. The third kappa shape index (κ3) is 4.79. The molecule has 0 saturated carbocycles. The van der Waals surface area contributed by atoms with E-state index < -0.39 is 6.43 Å². The number of hydrogen-bond acceptors (Lipinski definition) is 2. The van der Waals surface area contributed by atoms with Gasteiger partial charge in [0.2, 0.25) is 0 Å². The van der Waals surface area contributed by atoms with Crippen molar-refractivity contribution >= 4 is 0 Å². The minimum absolute atomic E-state index is 0.0996. The Balaban J connectivity index is 2.67. The van der Waals surface area contributed by atoms with Crippen molar-refractivity contribution in [3.8, 4) is 0 Å². The molecule has 0 bridgehead atoms. The lowest BCUT2D eigenvalue weighted by atomic mass is 10.1. The van der Waals surface area contributed by atoms with Crippen molar-refractivity contribution in [1.82, 2.24) is 4.90 Å². The molecule has 1 aromatic carbocycles. The van der Waals surface area contributed by atoms with Crippen LogP contribution in [-0.4, -0.2) is 36.1 Å². The van der Waals surface area contributed by atoms with E-state index in [0.717, 1.165) is 11.1 Å². The summed E-state index contributed by atoms with van der Waals surface area (Å²) in [5, 5.41) is 8.84. The molecular formula is C13H19F2NO. The number of aliphatic hydroxyl groups is 1. The smallest absolute Gasteiger partial charge is 0.251 e. The fourth-order valence-corrected chi connectivity index (χ4v) is 1.73. The van der Waals surface area contributed by atoms with Crippen molar-refractivity contribution in [3.63, 3.8) is 0 Å². The monoisotopic (exact) mass is 243 g/mol. The molecule has 0 heterocycles. The Labute approximate surface area is 101 Å². The molecule has 1 rings (SSSR count). The Hall–Kier alpha value is -1.00. The lowest BCUT2D eigenvalue weighted by Crippen LogP contribution is -2.31. The highest BCUT2D eigenvalue weighted by atomic mass is 19.3. The van der Waals surface area contributed by atoms with Crippen molar-refractivity contribution in [2.45, 2.75) is 26.8 Å². The molecule has 0 atom stereocenters. The highest BCUT2D eigenvalue weighted by Gasteiger charge is 2.12. The van der Waals surface area contributed by atoms with Gasteiger partial charge in [0.05, 0.1) is 13.2 Å². The second-order valence-electron chi connectivity index (χ2n) is 4.27. The average molecular weight is 243 g/mol. The predicted octanol–water partition coefficient (Wildman–Crippen LogP) is 2.36. The molecule has 0 unspecified atom stereocenters. The summed E-state index contributed by atoms with van der Waals surface area (Å²) in [5.74, 6) is 0. The highest BCUT2D eigenvalue weighted by molar-refractivity contribution is 5.29. The van der Waals surface area contributed by atoms with Gasteiger partial charge in [-0.15, -0.1) is 0 Å². The molecule has 0 aliphatic rings. The van der Waals surface area contributed by atoms with E-state index in [1.54, 1.807) is 4.90 Å². The topological polar surface area (TPSA) is 23.5 Å². The molecule has 0 saturated heterocycles. The molecule has 0 aliphatic carbocycles. The molecule has 1 N–H and O–H groups in total. The standard InChI is InChI=1S/C13H19F2NO/c1-10-3-4-12(7-11(10)2)8-16(5-6-17)9-13(14)15/h3-4,7,13,17H,5-6,8-9H2,1-2H3. The molecule has 0 aliphatic heterocycles. The highest BCUT2D eigenvalue weighted by Crippen LogP contribution is 2.12. The van der Waals surface area contributed by atoms with Crippen LogP contribution in [0.1, 0.15) is 16.7 Å². The Morgan fingerprint density at radius 3 is 2.47 bits per heavy atom. The van der Waals surface area contributed by atoms with E-state index in [0.29, 0.717) is 6.54 Å². The Morgan fingerprint density at radius 1 is 1.24 bits per heavy atom. The van der Waals surface area contributed by atoms with E-state index in [1.165, 1.54) is 5.56 Å². The van der Waals surface area contributed by atoms with Crippen LogP contribution in [0.5, 0.6) is 0 Å². The molecule has 0 fully saturated rings. The van der Waals surface area contributed by atoms with E-state index in [2.05, 4.69) is 0 Å². The van der Waals surface area contributed by atoms with Gasteiger partial charge in [0, 0.05) is 13.1 Å². The third-order valence-corrected chi connectivity index (χ3v) is 2.79. The number of benzene rings is 1. The van der Waals surface area contributed by atoms with Gasteiger partial charge in [0.1, 0.15) is 0 Å². The van der Waals surface area contributed by atoms with Crippen molar-refractivity contribution < 1.29 is 13.9 Å². The van der Waals surface area contributed by atoms with Crippen LogP contribution in [0.25, 0.3) is 0 Å². The van der Waals surface area contributed by atoms with E-state index in [9.17, 15) is 8.78 Å². The van der Waals surface area contributed by atoms with Crippen molar-refractivity contribution in [2.24, 2.45) is 0 Å². The number of rotatable bonds is 6. The van der Waals surface area contributed by atoms with Crippen LogP contribution in [0.15, 0.2) is 18.2 Å². The largest absolute Gasteiger partial charge is 0.395 e. The molecule has 0 radical (unpaired) electrons. The van der Waals surface area contributed by atoms with Gasteiger partial charge < -0.3 is 5.11 Å². The van der Waals surface area contributed by atoms with Gasteiger partial charge in [-0.25, -0.2) is 8.78 Å².